The number of anilines is 1. The molecular weight excluding hydrogens is 526 g/mol. The summed E-state index contributed by atoms with van der Waals surface area (Å²) in [5.41, 5.74) is 2.92. The van der Waals surface area contributed by atoms with Crippen LogP contribution in [-0.2, 0) is 26.2 Å². The third-order valence-corrected chi connectivity index (χ3v) is 8.33. The number of hydrogen-bond acceptors (Lipinski definition) is 5. The Morgan fingerprint density at radius 2 is 1.55 bits per heavy atom. The highest BCUT2D eigenvalue weighted by Gasteiger charge is 2.32. The summed E-state index contributed by atoms with van der Waals surface area (Å²) in [6.07, 6.45) is 0. The van der Waals surface area contributed by atoms with Gasteiger partial charge in [0.2, 0.25) is 11.8 Å². The third-order valence-electron chi connectivity index (χ3n) is 6.54. The van der Waals surface area contributed by atoms with Crippen LogP contribution in [0.3, 0.4) is 0 Å². The summed E-state index contributed by atoms with van der Waals surface area (Å²) in [4.78, 5) is 28.6. The molecule has 3 rings (SSSR count). The van der Waals surface area contributed by atoms with Crippen LogP contribution in [0.5, 0.6) is 5.75 Å². The predicted molar refractivity (Wildman–Crippen MR) is 158 cm³/mol. The minimum atomic E-state index is -4.10. The van der Waals surface area contributed by atoms with Crippen LogP contribution in [0.4, 0.5) is 5.69 Å². The smallest absolute Gasteiger partial charge is 0.264 e. The minimum absolute atomic E-state index is 0.0804. The van der Waals surface area contributed by atoms with Crippen molar-refractivity contribution in [1.82, 2.24) is 10.2 Å². The molecule has 0 aliphatic heterocycles. The van der Waals surface area contributed by atoms with Crippen LogP contribution in [0, 0.1) is 19.8 Å². The van der Waals surface area contributed by atoms with Crippen molar-refractivity contribution in [2.45, 2.75) is 52.1 Å². The van der Waals surface area contributed by atoms with Crippen molar-refractivity contribution in [3.63, 3.8) is 0 Å². The SMILES string of the molecule is COc1ccc(CN(C(=O)CN(c2cccc(C)c2)S(=O)(=O)c2ccc(C)cc2)[C@H](C)C(=O)NCC(C)C)cc1. The van der Waals surface area contributed by atoms with Crippen LogP contribution in [-0.4, -0.2) is 51.4 Å². The van der Waals surface area contributed by atoms with Crippen LogP contribution >= 0.6 is 0 Å². The highest BCUT2D eigenvalue weighted by Crippen LogP contribution is 2.26. The number of methoxy groups -OCH3 is 1. The monoisotopic (exact) mass is 565 g/mol. The van der Waals surface area contributed by atoms with Gasteiger partial charge in [0.25, 0.3) is 10.0 Å². The Kier molecular flexibility index (Phi) is 10.3. The molecule has 0 radical (unpaired) electrons. The Morgan fingerprint density at radius 1 is 0.900 bits per heavy atom. The summed E-state index contributed by atoms with van der Waals surface area (Å²) in [6.45, 7) is 9.47. The largest absolute Gasteiger partial charge is 0.497 e. The number of nitrogens with zero attached hydrogens (tertiary/aromatic N) is 2. The summed E-state index contributed by atoms with van der Waals surface area (Å²) in [7, 11) is -2.53. The molecule has 40 heavy (non-hydrogen) atoms. The molecule has 0 fully saturated rings. The Balaban J connectivity index is 2.00. The lowest BCUT2D eigenvalue weighted by Gasteiger charge is -2.32. The maximum atomic E-state index is 14.0. The summed E-state index contributed by atoms with van der Waals surface area (Å²) in [5, 5.41) is 2.89. The number of carbonyl (C=O) groups is 2. The summed E-state index contributed by atoms with van der Waals surface area (Å²) >= 11 is 0. The first-order valence-corrected chi connectivity index (χ1v) is 14.7. The summed E-state index contributed by atoms with van der Waals surface area (Å²) < 4.78 is 34.1. The van der Waals surface area contributed by atoms with E-state index in [9.17, 15) is 18.0 Å². The fraction of sp³-hybridized carbons (Fsp3) is 0.355. The molecular formula is C31H39N3O5S. The molecule has 0 saturated heterocycles. The highest BCUT2D eigenvalue weighted by molar-refractivity contribution is 7.92. The molecule has 0 unspecified atom stereocenters. The number of benzene rings is 3. The fourth-order valence-corrected chi connectivity index (χ4v) is 5.52. The van der Waals surface area contributed by atoms with Crippen molar-refractivity contribution in [3.8, 4) is 5.75 Å². The van der Waals surface area contributed by atoms with Crippen LogP contribution in [0.25, 0.3) is 0 Å². The van der Waals surface area contributed by atoms with Crippen LogP contribution in [0.15, 0.2) is 77.7 Å². The Morgan fingerprint density at radius 3 is 2.12 bits per heavy atom. The van der Waals surface area contributed by atoms with Gasteiger partial charge in [0, 0.05) is 13.1 Å². The van der Waals surface area contributed by atoms with Gasteiger partial charge in [-0.25, -0.2) is 8.42 Å². The van der Waals surface area contributed by atoms with E-state index in [0.717, 1.165) is 21.0 Å². The number of sulfonamides is 1. The second-order valence-electron chi connectivity index (χ2n) is 10.3. The van der Waals surface area contributed by atoms with Crippen LogP contribution < -0.4 is 14.4 Å². The van der Waals surface area contributed by atoms with Gasteiger partial charge in [0.05, 0.1) is 17.7 Å². The van der Waals surface area contributed by atoms with E-state index in [1.807, 2.05) is 45.9 Å². The van der Waals surface area contributed by atoms with Gasteiger partial charge in [-0.2, -0.15) is 0 Å². The highest BCUT2D eigenvalue weighted by atomic mass is 32.2. The molecule has 8 nitrogen and oxygen atoms in total. The fourth-order valence-electron chi connectivity index (χ4n) is 4.11. The van der Waals surface area contributed by atoms with Crippen LogP contribution in [0.2, 0.25) is 0 Å². The average molecular weight is 566 g/mol. The van der Waals surface area contributed by atoms with E-state index < -0.39 is 28.5 Å². The van der Waals surface area contributed by atoms with Gasteiger partial charge in [-0.05, 0) is 74.2 Å². The standard InChI is InChI=1S/C31H39N3O5S/c1-22(2)19-32-31(36)25(5)33(20-26-12-14-28(39-6)15-13-26)30(35)21-34(27-9-7-8-24(4)18-27)40(37,38)29-16-10-23(3)11-17-29/h7-18,22,25H,19-21H2,1-6H3,(H,32,36)/t25-/m1/s1. The van der Waals surface area contributed by atoms with Gasteiger partial charge in [-0.15, -0.1) is 0 Å². The van der Waals surface area contributed by atoms with Crippen molar-refractivity contribution in [3.05, 3.63) is 89.5 Å². The molecule has 2 amide bonds. The first-order valence-electron chi connectivity index (χ1n) is 13.3. The van der Waals surface area contributed by atoms with Gasteiger partial charge in [-0.1, -0.05) is 55.8 Å². The van der Waals surface area contributed by atoms with Crippen molar-refractivity contribution in [2.75, 3.05) is 24.5 Å². The van der Waals surface area contributed by atoms with Gasteiger partial charge < -0.3 is 15.0 Å². The van der Waals surface area contributed by atoms with E-state index in [4.69, 9.17) is 4.74 Å². The number of aryl methyl sites for hydroxylation is 2. The molecule has 9 heteroatoms. The Bertz CT molecular complexity index is 1400. The number of ether oxygens (including phenoxy) is 1. The quantitative estimate of drug-likeness (QED) is 0.344. The Labute approximate surface area is 238 Å². The number of hydrogen-bond donors (Lipinski definition) is 1. The molecule has 1 N–H and O–H groups in total. The lowest BCUT2D eigenvalue weighted by Crippen LogP contribution is -2.51. The van der Waals surface area contributed by atoms with E-state index in [1.165, 1.54) is 17.0 Å². The van der Waals surface area contributed by atoms with Gasteiger partial charge in [-0.3, -0.25) is 13.9 Å². The molecule has 0 spiro atoms. The number of rotatable bonds is 12. The van der Waals surface area contributed by atoms with E-state index in [0.29, 0.717) is 18.0 Å². The zero-order valence-corrected chi connectivity index (χ0v) is 24.9. The number of carbonyl (C=O) groups excluding carboxylic acids is 2. The maximum absolute atomic E-state index is 14.0. The number of amides is 2. The van der Waals surface area contributed by atoms with Crippen molar-refractivity contribution >= 4 is 27.5 Å². The molecule has 0 heterocycles. The summed E-state index contributed by atoms with van der Waals surface area (Å²) in [5.74, 6) is 0.0942. The van der Waals surface area contributed by atoms with Crippen molar-refractivity contribution in [1.29, 1.82) is 0 Å². The molecule has 3 aromatic rings. The molecule has 0 aromatic heterocycles. The zero-order valence-electron chi connectivity index (χ0n) is 24.0. The molecule has 0 saturated carbocycles. The maximum Gasteiger partial charge on any atom is 0.264 e. The van der Waals surface area contributed by atoms with Crippen molar-refractivity contribution in [2.24, 2.45) is 5.92 Å². The lowest BCUT2D eigenvalue weighted by molar-refractivity contribution is -0.139. The van der Waals surface area contributed by atoms with Gasteiger partial charge >= 0.3 is 0 Å². The zero-order chi connectivity index (χ0) is 29.4. The second kappa shape index (κ2) is 13.5. The van der Waals surface area contributed by atoms with E-state index >= 15 is 0 Å². The van der Waals surface area contributed by atoms with Gasteiger partial charge in [0.15, 0.2) is 0 Å². The second-order valence-corrected chi connectivity index (χ2v) is 12.2. The Hall–Kier alpha value is -3.85. The topological polar surface area (TPSA) is 96.0 Å². The molecule has 214 valence electrons. The minimum Gasteiger partial charge on any atom is -0.497 e. The normalized spacial score (nSPS) is 12.1. The van der Waals surface area contributed by atoms with E-state index in [1.54, 1.807) is 56.5 Å². The first kappa shape index (κ1) is 30.7. The molecule has 0 aliphatic rings. The number of nitrogens with one attached hydrogen (secondary N) is 1. The lowest BCUT2D eigenvalue weighted by atomic mass is 10.1. The first-order chi connectivity index (χ1) is 18.9. The molecule has 0 aliphatic carbocycles. The average Bonchev–Trinajstić information content (AvgIpc) is 2.93. The molecule has 1 atom stereocenters. The van der Waals surface area contributed by atoms with E-state index in [-0.39, 0.29) is 23.3 Å². The van der Waals surface area contributed by atoms with Crippen molar-refractivity contribution < 1.29 is 22.7 Å². The van der Waals surface area contributed by atoms with Gasteiger partial charge in [0.1, 0.15) is 18.3 Å². The summed E-state index contributed by atoms with van der Waals surface area (Å²) in [6, 6.07) is 19.9. The molecule has 3 aromatic carbocycles. The van der Waals surface area contributed by atoms with E-state index in [2.05, 4.69) is 5.32 Å². The predicted octanol–water partition coefficient (Wildman–Crippen LogP) is 4.70. The van der Waals surface area contributed by atoms with Crippen LogP contribution in [0.1, 0.15) is 37.5 Å². The molecule has 0 bridgehead atoms. The third kappa shape index (κ3) is 7.85.